The number of hydrogen-bond acceptors (Lipinski definition) is 4. The van der Waals surface area contributed by atoms with Crippen LogP contribution in [0.4, 0.5) is 0 Å². The first-order valence-electron chi connectivity index (χ1n) is 11.8. The van der Waals surface area contributed by atoms with Crippen molar-refractivity contribution in [2.45, 2.75) is 67.2 Å². The molecule has 0 aliphatic rings. The third-order valence-electron chi connectivity index (χ3n) is 6.34. The van der Waals surface area contributed by atoms with Crippen molar-refractivity contribution in [2.75, 3.05) is 26.4 Å². The van der Waals surface area contributed by atoms with Crippen molar-refractivity contribution in [1.82, 2.24) is 0 Å². The Morgan fingerprint density at radius 1 is 0.688 bits per heavy atom. The van der Waals surface area contributed by atoms with E-state index in [1.807, 2.05) is 0 Å². The van der Waals surface area contributed by atoms with Gasteiger partial charge in [0.1, 0.15) is 24.7 Å². The lowest BCUT2D eigenvalue weighted by atomic mass is 9.62. The molecule has 0 saturated heterocycles. The predicted molar refractivity (Wildman–Crippen MR) is 132 cm³/mol. The Hall–Kier alpha value is -2.04. The Morgan fingerprint density at radius 2 is 1.03 bits per heavy atom. The number of aliphatic hydroxyl groups excluding tert-OH is 2. The third-order valence-corrected chi connectivity index (χ3v) is 6.34. The van der Waals surface area contributed by atoms with Gasteiger partial charge in [0, 0.05) is 5.41 Å². The maximum absolute atomic E-state index is 9.19. The van der Waals surface area contributed by atoms with Gasteiger partial charge < -0.3 is 19.7 Å². The lowest BCUT2D eigenvalue weighted by Gasteiger charge is -2.42. The summed E-state index contributed by atoms with van der Waals surface area (Å²) in [6.07, 6.45) is 1.02. The summed E-state index contributed by atoms with van der Waals surface area (Å²) in [5.74, 6) is 2.61. The minimum atomic E-state index is -0.162. The van der Waals surface area contributed by atoms with Crippen molar-refractivity contribution < 1.29 is 19.7 Å². The van der Waals surface area contributed by atoms with Crippen LogP contribution >= 0.6 is 0 Å². The largest absolute Gasteiger partial charge is 0.491 e. The van der Waals surface area contributed by atoms with Gasteiger partial charge in [-0.15, -0.1) is 0 Å². The maximum Gasteiger partial charge on any atom is 0.125 e. The van der Waals surface area contributed by atoms with Crippen molar-refractivity contribution in [3.05, 3.63) is 57.6 Å². The van der Waals surface area contributed by atoms with Crippen LogP contribution in [0.1, 0.15) is 67.5 Å². The second-order valence-corrected chi connectivity index (χ2v) is 9.75. The second-order valence-electron chi connectivity index (χ2n) is 9.75. The second kappa shape index (κ2) is 11.2. The monoisotopic (exact) mass is 442 g/mol. The molecular weight excluding hydrogens is 400 g/mol. The van der Waals surface area contributed by atoms with Crippen molar-refractivity contribution >= 4 is 0 Å². The Kier molecular flexibility index (Phi) is 9.18. The van der Waals surface area contributed by atoms with Gasteiger partial charge >= 0.3 is 0 Å². The normalized spacial score (nSPS) is 12.0. The molecule has 0 aromatic heterocycles. The molecule has 0 atom stereocenters. The molecule has 32 heavy (non-hydrogen) atoms. The lowest BCUT2D eigenvalue weighted by molar-refractivity contribution is 0.199. The highest BCUT2D eigenvalue weighted by Crippen LogP contribution is 2.47. The Morgan fingerprint density at radius 3 is 1.28 bits per heavy atom. The molecule has 0 aliphatic carbocycles. The van der Waals surface area contributed by atoms with Crippen LogP contribution in [-0.4, -0.2) is 36.6 Å². The average Bonchev–Trinajstić information content (AvgIpc) is 2.70. The van der Waals surface area contributed by atoms with Crippen molar-refractivity contribution in [3.63, 3.8) is 0 Å². The quantitative estimate of drug-likeness (QED) is 0.472. The Bertz CT molecular complexity index is 789. The number of aryl methyl sites for hydroxylation is 4. The van der Waals surface area contributed by atoms with Crippen LogP contribution in [0, 0.1) is 39.5 Å². The van der Waals surface area contributed by atoms with Gasteiger partial charge in [-0.2, -0.15) is 0 Å². The number of hydrogen-bond donors (Lipinski definition) is 2. The van der Waals surface area contributed by atoms with Gasteiger partial charge in [0.25, 0.3) is 0 Å². The van der Waals surface area contributed by atoms with Gasteiger partial charge in [-0.25, -0.2) is 0 Å². The molecule has 0 spiro atoms. The molecule has 0 amide bonds. The molecule has 2 rings (SSSR count). The first-order valence-corrected chi connectivity index (χ1v) is 11.8. The zero-order valence-corrected chi connectivity index (χ0v) is 21.2. The van der Waals surface area contributed by atoms with Crippen LogP contribution in [-0.2, 0) is 5.41 Å². The van der Waals surface area contributed by atoms with Crippen molar-refractivity contribution in [3.8, 4) is 11.5 Å². The Labute approximate surface area is 194 Å². The topological polar surface area (TPSA) is 58.9 Å². The van der Waals surface area contributed by atoms with Gasteiger partial charge in [-0.3, -0.25) is 0 Å². The standard InChI is InChI=1S/C28H42O4/c1-18(2)17-28(19(3)4,24-13-20(5)26(21(6)14-24)31-11-9-29)25-15-22(7)27(23(8)16-25)32-12-10-30/h13-16,18-19,29-30H,9-12,17H2,1-8H3. The molecule has 0 heterocycles. The summed E-state index contributed by atoms with van der Waals surface area (Å²) in [5.41, 5.74) is 6.82. The van der Waals surface area contributed by atoms with Crippen LogP contribution in [0.5, 0.6) is 11.5 Å². The molecular formula is C28H42O4. The highest BCUT2D eigenvalue weighted by atomic mass is 16.5. The average molecular weight is 443 g/mol. The molecule has 178 valence electrons. The van der Waals surface area contributed by atoms with Gasteiger partial charge in [-0.05, 0) is 79.3 Å². The minimum Gasteiger partial charge on any atom is -0.491 e. The predicted octanol–water partition coefficient (Wildman–Crippen LogP) is 5.65. The Balaban J connectivity index is 2.74. The van der Waals surface area contributed by atoms with Crippen LogP contribution in [0.3, 0.4) is 0 Å². The maximum atomic E-state index is 9.19. The zero-order valence-electron chi connectivity index (χ0n) is 21.2. The summed E-state index contributed by atoms with van der Waals surface area (Å²) in [5, 5.41) is 18.4. The molecule has 4 heteroatoms. The van der Waals surface area contributed by atoms with E-state index in [0.717, 1.165) is 40.2 Å². The SMILES string of the molecule is Cc1cc(C(CC(C)C)(c2cc(C)c(OCCO)c(C)c2)C(C)C)cc(C)c1OCCO. The van der Waals surface area contributed by atoms with E-state index in [4.69, 9.17) is 9.47 Å². The third kappa shape index (κ3) is 5.47. The molecule has 0 fully saturated rings. The van der Waals surface area contributed by atoms with Gasteiger partial charge in [0.05, 0.1) is 13.2 Å². The molecule has 2 aromatic rings. The van der Waals surface area contributed by atoms with Gasteiger partial charge in [0.2, 0.25) is 0 Å². The number of rotatable bonds is 11. The van der Waals surface area contributed by atoms with Crippen LogP contribution in [0.2, 0.25) is 0 Å². The molecule has 4 nitrogen and oxygen atoms in total. The van der Waals surface area contributed by atoms with Gasteiger partial charge in [0.15, 0.2) is 0 Å². The first kappa shape index (κ1) is 26.2. The smallest absolute Gasteiger partial charge is 0.125 e. The molecule has 0 bridgehead atoms. The van der Waals surface area contributed by atoms with Crippen LogP contribution in [0.25, 0.3) is 0 Å². The van der Waals surface area contributed by atoms with E-state index in [-0.39, 0.29) is 18.6 Å². The molecule has 0 radical (unpaired) electrons. The van der Waals surface area contributed by atoms with Crippen LogP contribution in [0.15, 0.2) is 24.3 Å². The van der Waals surface area contributed by atoms with E-state index in [2.05, 4.69) is 79.7 Å². The highest BCUT2D eigenvalue weighted by molar-refractivity contribution is 5.53. The molecule has 0 saturated carbocycles. The zero-order chi connectivity index (χ0) is 24.1. The first-order chi connectivity index (χ1) is 15.1. The van der Waals surface area contributed by atoms with E-state index in [1.165, 1.54) is 11.1 Å². The summed E-state index contributed by atoms with van der Waals surface area (Å²) in [7, 11) is 0. The lowest BCUT2D eigenvalue weighted by Crippen LogP contribution is -2.36. The molecule has 2 N–H and O–H groups in total. The van der Waals surface area contributed by atoms with E-state index in [9.17, 15) is 10.2 Å². The van der Waals surface area contributed by atoms with Crippen molar-refractivity contribution in [1.29, 1.82) is 0 Å². The van der Waals surface area contributed by atoms with Gasteiger partial charge in [-0.1, -0.05) is 52.0 Å². The summed E-state index contributed by atoms with van der Waals surface area (Å²) in [6.45, 7) is 18.2. The van der Waals surface area contributed by atoms with E-state index >= 15 is 0 Å². The van der Waals surface area contributed by atoms with E-state index < -0.39 is 0 Å². The summed E-state index contributed by atoms with van der Waals surface area (Å²) < 4.78 is 11.7. The highest BCUT2D eigenvalue weighted by Gasteiger charge is 2.39. The van der Waals surface area contributed by atoms with Crippen molar-refractivity contribution in [2.24, 2.45) is 11.8 Å². The number of benzene rings is 2. The summed E-state index contributed by atoms with van der Waals surface area (Å²) in [6, 6.07) is 9.07. The summed E-state index contributed by atoms with van der Waals surface area (Å²) >= 11 is 0. The summed E-state index contributed by atoms with van der Waals surface area (Å²) in [4.78, 5) is 0. The fourth-order valence-electron chi connectivity index (χ4n) is 5.12. The minimum absolute atomic E-state index is 0.00711. The number of ether oxygens (including phenoxy) is 2. The van der Waals surface area contributed by atoms with Crippen LogP contribution < -0.4 is 9.47 Å². The number of aliphatic hydroxyl groups is 2. The van der Waals surface area contributed by atoms with E-state index in [0.29, 0.717) is 25.0 Å². The molecule has 0 aliphatic heterocycles. The molecule has 2 aromatic carbocycles. The fourth-order valence-corrected chi connectivity index (χ4v) is 5.12. The van der Waals surface area contributed by atoms with E-state index in [1.54, 1.807) is 0 Å². The molecule has 0 unspecified atom stereocenters. The fraction of sp³-hybridized carbons (Fsp3) is 0.571.